The second-order valence-electron chi connectivity index (χ2n) is 3.38. The number of carboxylic acids is 1. The second kappa shape index (κ2) is 5.12. The molecule has 0 aromatic heterocycles. The second-order valence-corrected chi connectivity index (χ2v) is 3.79. The van der Waals surface area contributed by atoms with Crippen LogP contribution in [-0.2, 0) is 11.2 Å². The molecular formula is C11H12ClFO2. The zero-order valence-corrected chi connectivity index (χ0v) is 9.09. The van der Waals surface area contributed by atoms with Crippen molar-refractivity contribution in [1.82, 2.24) is 0 Å². The molecule has 0 aliphatic rings. The smallest absolute Gasteiger partial charge is 0.306 e. The topological polar surface area (TPSA) is 37.3 Å². The number of benzene rings is 1. The van der Waals surface area contributed by atoms with Gasteiger partial charge < -0.3 is 5.11 Å². The van der Waals surface area contributed by atoms with E-state index in [1.807, 2.05) is 0 Å². The van der Waals surface area contributed by atoms with E-state index in [4.69, 9.17) is 16.7 Å². The quantitative estimate of drug-likeness (QED) is 0.863. The highest BCUT2D eigenvalue weighted by Gasteiger charge is 2.17. The van der Waals surface area contributed by atoms with Gasteiger partial charge in [-0.05, 0) is 36.6 Å². The summed E-state index contributed by atoms with van der Waals surface area (Å²) in [6, 6.07) is 3.99. The number of aliphatic carboxylic acids is 1. The number of hydrogen-bond donors (Lipinski definition) is 1. The lowest BCUT2D eigenvalue weighted by Gasteiger charge is -2.10. The van der Waals surface area contributed by atoms with Crippen LogP contribution in [0.25, 0.3) is 0 Å². The Morgan fingerprint density at radius 3 is 2.80 bits per heavy atom. The van der Waals surface area contributed by atoms with Crippen LogP contribution in [-0.4, -0.2) is 11.1 Å². The Hall–Kier alpha value is -1.09. The highest BCUT2D eigenvalue weighted by Crippen LogP contribution is 2.21. The zero-order valence-electron chi connectivity index (χ0n) is 8.34. The Labute approximate surface area is 92.7 Å². The maximum Gasteiger partial charge on any atom is 0.306 e. The van der Waals surface area contributed by atoms with E-state index < -0.39 is 17.7 Å². The van der Waals surface area contributed by atoms with Gasteiger partial charge in [-0.2, -0.15) is 0 Å². The zero-order chi connectivity index (χ0) is 11.4. The Kier molecular flexibility index (Phi) is 4.09. The Morgan fingerprint density at radius 2 is 2.27 bits per heavy atom. The van der Waals surface area contributed by atoms with Gasteiger partial charge in [-0.1, -0.05) is 18.5 Å². The summed E-state index contributed by atoms with van der Waals surface area (Å²) < 4.78 is 12.9. The molecule has 1 unspecified atom stereocenters. The van der Waals surface area contributed by atoms with Crippen molar-refractivity contribution in [1.29, 1.82) is 0 Å². The summed E-state index contributed by atoms with van der Waals surface area (Å²) in [6.45, 7) is 1.78. The molecule has 1 atom stereocenters. The monoisotopic (exact) mass is 230 g/mol. The van der Waals surface area contributed by atoms with Gasteiger partial charge in [0.2, 0.25) is 0 Å². The third-order valence-electron chi connectivity index (χ3n) is 2.32. The summed E-state index contributed by atoms with van der Waals surface area (Å²) in [7, 11) is 0. The summed E-state index contributed by atoms with van der Waals surface area (Å²) >= 11 is 5.84. The molecule has 4 heteroatoms. The molecule has 0 aliphatic carbocycles. The van der Waals surface area contributed by atoms with Crippen LogP contribution in [0.3, 0.4) is 0 Å². The largest absolute Gasteiger partial charge is 0.481 e. The third kappa shape index (κ3) is 3.20. The number of carbonyl (C=O) groups is 1. The molecule has 0 spiro atoms. The van der Waals surface area contributed by atoms with Crippen LogP contribution in [0.15, 0.2) is 18.2 Å². The van der Waals surface area contributed by atoms with Gasteiger partial charge in [0, 0.05) is 5.02 Å². The van der Waals surface area contributed by atoms with Crippen LogP contribution in [0.4, 0.5) is 4.39 Å². The van der Waals surface area contributed by atoms with E-state index in [9.17, 15) is 9.18 Å². The van der Waals surface area contributed by atoms with Crippen molar-refractivity contribution in [3.8, 4) is 0 Å². The fourth-order valence-corrected chi connectivity index (χ4v) is 1.57. The van der Waals surface area contributed by atoms with Crippen molar-refractivity contribution in [2.75, 3.05) is 0 Å². The van der Waals surface area contributed by atoms with Crippen molar-refractivity contribution >= 4 is 17.6 Å². The first kappa shape index (κ1) is 12.0. The Bertz CT molecular complexity index is 366. The first-order valence-corrected chi connectivity index (χ1v) is 5.09. The van der Waals surface area contributed by atoms with Crippen molar-refractivity contribution < 1.29 is 14.3 Å². The summed E-state index contributed by atoms with van der Waals surface area (Å²) in [5.74, 6) is -1.78. The van der Waals surface area contributed by atoms with E-state index in [0.29, 0.717) is 17.0 Å². The van der Waals surface area contributed by atoms with Crippen LogP contribution in [0, 0.1) is 11.7 Å². The van der Waals surface area contributed by atoms with Gasteiger partial charge in [0.05, 0.1) is 5.92 Å². The molecule has 0 radical (unpaired) electrons. The van der Waals surface area contributed by atoms with E-state index in [-0.39, 0.29) is 6.42 Å². The molecule has 1 N–H and O–H groups in total. The van der Waals surface area contributed by atoms with Crippen molar-refractivity contribution in [3.63, 3.8) is 0 Å². The predicted molar refractivity (Wildman–Crippen MR) is 56.5 cm³/mol. The average Bonchev–Trinajstić information content (AvgIpc) is 2.18. The third-order valence-corrected chi connectivity index (χ3v) is 2.68. The summed E-state index contributed by atoms with van der Waals surface area (Å²) in [5.41, 5.74) is 0.547. The molecule has 1 rings (SSSR count). The number of rotatable bonds is 4. The molecule has 0 amide bonds. The highest BCUT2D eigenvalue weighted by atomic mass is 35.5. The summed E-state index contributed by atoms with van der Waals surface area (Å²) in [6.07, 6.45) is 0.768. The first-order chi connectivity index (χ1) is 7.04. The summed E-state index contributed by atoms with van der Waals surface area (Å²) in [5, 5.41) is 9.27. The van der Waals surface area contributed by atoms with Crippen LogP contribution in [0.1, 0.15) is 18.9 Å². The molecular weight excluding hydrogens is 219 g/mol. The van der Waals surface area contributed by atoms with Gasteiger partial charge in [0.15, 0.2) is 0 Å². The summed E-state index contributed by atoms with van der Waals surface area (Å²) in [4.78, 5) is 10.8. The minimum atomic E-state index is -0.877. The van der Waals surface area contributed by atoms with E-state index in [0.717, 1.165) is 0 Å². The van der Waals surface area contributed by atoms with Gasteiger partial charge in [-0.15, -0.1) is 0 Å². The van der Waals surface area contributed by atoms with Gasteiger partial charge in [0.25, 0.3) is 0 Å². The van der Waals surface area contributed by atoms with Crippen molar-refractivity contribution in [2.45, 2.75) is 19.8 Å². The van der Waals surface area contributed by atoms with Crippen LogP contribution in [0.2, 0.25) is 5.02 Å². The number of hydrogen-bond acceptors (Lipinski definition) is 1. The maximum absolute atomic E-state index is 12.9. The first-order valence-electron chi connectivity index (χ1n) is 4.71. The van der Waals surface area contributed by atoms with Crippen LogP contribution < -0.4 is 0 Å². The predicted octanol–water partition coefficient (Wildman–Crippen LogP) is 3.13. The van der Waals surface area contributed by atoms with Gasteiger partial charge in [-0.25, -0.2) is 4.39 Å². The van der Waals surface area contributed by atoms with Gasteiger partial charge in [-0.3, -0.25) is 4.79 Å². The molecule has 0 bridgehead atoms. The normalized spacial score (nSPS) is 12.5. The fraction of sp³-hybridized carbons (Fsp3) is 0.364. The van der Waals surface area contributed by atoms with Gasteiger partial charge in [0.1, 0.15) is 5.82 Å². The van der Waals surface area contributed by atoms with E-state index in [1.54, 1.807) is 6.92 Å². The highest BCUT2D eigenvalue weighted by molar-refractivity contribution is 6.31. The standard InChI is InChI=1S/C11H12ClFO2/c1-2-7(11(14)15)5-8-6-9(13)3-4-10(8)12/h3-4,6-7H,2,5H2,1H3,(H,14,15). The van der Waals surface area contributed by atoms with E-state index in [2.05, 4.69) is 0 Å². The van der Waals surface area contributed by atoms with Crippen molar-refractivity contribution in [2.24, 2.45) is 5.92 Å². The molecule has 1 aromatic rings. The van der Waals surface area contributed by atoms with E-state index >= 15 is 0 Å². The average molecular weight is 231 g/mol. The Balaban J connectivity index is 2.87. The molecule has 15 heavy (non-hydrogen) atoms. The van der Waals surface area contributed by atoms with Crippen LogP contribution in [0.5, 0.6) is 0 Å². The molecule has 2 nitrogen and oxygen atoms in total. The lowest BCUT2D eigenvalue weighted by molar-refractivity contribution is -0.141. The molecule has 0 saturated carbocycles. The molecule has 0 heterocycles. The van der Waals surface area contributed by atoms with E-state index in [1.165, 1.54) is 18.2 Å². The van der Waals surface area contributed by atoms with Crippen LogP contribution >= 0.6 is 11.6 Å². The maximum atomic E-state index is 12.9. The number of halogens is 2. The minimum absolute atomic E-state index is 0.266. The molecule has 82 valence electrons. The molecule has 1 aromatic carbocycles. The number of carboxylic acid groups (broad SMARTS) is 1. The molecule has 0 aliphatic heterocycles. The fourth-order valence-electron chi connectivity index (χ4n) is 1.37. The van der Waals surface area contributed by atoms with Crippen molar-refractivity contribution in [3.05, 3.63) is 34.6 Å². The minimum Gasteiger partial charge on any atom is -0.481 e. The molecule has 0 fully saturated rings. The lowest BCUT2D eigenvalue weighted by atomic mass is 9.97. The van der Waals surface area contributed by atoms with Gasteiger partial charge >= 0.3 is 5.97 Å². The SMILES string of the molecule is CCC(Cc1cc(F)ccc1Cl)C(=O)O. The lowest BCUT2D eigenvalue weighted by Crippen LogP contribution is -2.15. The Morgan fingerprint density at radius 1 is 1.60 bits per heavy atom. The molecule has 0 saturated heterocycles.